The van der Waals surface area contributed by atoms with E-state index in [1.54, 1.807) is 6.07 Å². The molecule has 0 aromatic heterocycles. The summed E-state index contributed by atoms with van der Waals surface area (Å²) in [6, 6.07) is 11.7. The van der Waals surface area contributed by atoms with E-state index in [4.69, 9.17) is 4.74 Å². The highest BCUT2D eigenvalue weighted by molar-refractivity contribution is 6.00. The highest BCUT2D eigenvalue weighted by Gasteiger charge is 2.24. The lowest BCUT2D eigenvalue weighted by molar-refractivity contribution is -0.384. The number of morpholine rings is 1. The van der Waals surface area contributed by atoms with Crippen molar-refractivity contribution in [1.82, 2.24) is 5.32 Å². The van der Waals surface area contributed by atoms with Crippen LogP contribution in [0.2, 0.25) is 0 Å². The third-order valence-electron chi connectivity index (χ3n) is 5.21. The Hall–Kier alpha value is -3.46. The first kappa shape index (κ1) is 22.2. The number of nitro groups is 1. The third kappa shape index (κ3) is 5.79. The van der Waals surface area contributed by atoms with Crippen molar-refractivity contribution in [3.8, 4) is 0 Å². The molecule has 1 saturated heterocycles. The number of nitro benzene ring substituents is 1. The Kier molecular flexibility index (Phi) is 7.19. The van der Waals surface area contributed by atoms with E-state index in [1.165, 1.54) is 12.1 Å². The van der Waals surface area contributed by atoms with Gasteiger partial charge in [-0.2, -0.15) is 0 Å². The largest absolute Gasteiger partial charge is 0.481 e. The molecular formula is C22H25N3O6. The summed E-state index contributed by atoms with van der Waals surface area (Å²) >= 11 is 0. The molecule has 2 N–H and O–H groups in total. The van der Waals surface area contributed by atoms with Gasteiger partial charge in [0.15, 0.2) is 0 Å². The molecule has 164 valence electrons. The SMILES string of the molecule is Cc1cccc(C[C@@H](CNC(=O)c2cc([N+](=O)[O-])ccc2N2CCOCC2)C(=O)O)c1. The Balaban J connectivity index is 1.77. The van der Waals surface area contributed by atoms with E-state index >= 15 is 0 Å². The molecule has 9 nitrogen and oxygen atoms in total. The Morgan fingerprint density at radius 3 is 2.61 bits per heavy atom. The number of amides is 1. The van der Waals surface area contributed by atoms with Crippen LogP contribution in [0.1, 0.15) is 21.5 Å². The van der Waals surface area contributed by atoms with E-state index in [0.29, 0.717) is 32.0 Å². The van der Waals surface area contributed by atoms with Crippen molar-refractivity contribution in [3.05, 3.63) is 69.3 Å². The highest BCUT2D eigenvalue weighted by atomic mass is 16.6. The number of aryl methyl sites for hydroxylation is 1. The number of anilines is 1. The van der Waals surface area contributed by atoms with Gasteiger partial charge < -0.3 is 20.1 Å². The van der Waals surface area contributed by atoms with Gasteiger partial charge in [0.1, 0.15) is 0 Å². The van der Waals surface area contributed by atoms with Crippen LogP contribution in [-0.2, 0) is 16.0 Å². The number of benzene rings is 2. The fourth-order valence-corrected chi connectivity index (χ4v) is 3.58. The number of ether oxygens (including phenoxy) is 1. The number of nitrogens with one attached hydrogen (secondary N) is 1. The van der Waals surface area contributed by atoms with E-state index in [9.17, 15) is 24.8 Å². The Morgan fingerprint density at radius 1 is 1.23 bits per heavy atom. The molecule has 1 amide bonds. The average molecular weight is 427 g/mol. The Labute approximate surface area is 179 Å². The van der Waals surface area contributed by atoms with Gasteiger partial charge in [-0.1, -0.05) is 29.8 Å². The van der Waals surface area contributed by atoms with E-state index in [2.05, 4.69) is 5.32 Å². The minimum atomic E-state index is -1.02. The summed E-state index contributed by atoms with van der Waals surface area (Å²) < 4.78 is 5.34. The lowest BCUT2D eigenvalue weighted by Crippen LogP contribution is -2.39. The van der Waals surface area contributed by atoms with E-state index in [-0.39, 0.29) is 24.2 Å². The number of aliphatic carboxylic acids is 1. The molecule has 0 unspecified atom stereocenters. The molecule has 31 heavy (non-hydrogen) atoms. The number of hydrogen-bond acceptors (Lipinski definition) is 6. The molecule has 1 fully saturated rings. The van der Waals surface area contributed by atoms with Crippen LogP contribution in [0.3, 0.4) is 0 Å². The second-order valence-electron chi connectivity index (χ2n) is 7.50. The molecule has 0 saturated carbocycles. The zero-order chi connectivity index (χ0) is 22.4. The Morgan fingerprint density at radius 2 is 1.97 bits per heavy atom. The summed E-state index contributed by atoms with van der Waals surface area (Å²) in [7, 11) is 0. The third-order valence-corrected chi connectivity index (χ3v) is 5.21. The van der Waals surface area contributed by atoms with Gasteiger partial charge in [-0.15, -0.1) is 0 Å². The molecule has 0 radical (unpaired) electrons. The smallest absolute Gasteiger partial charge is 0.308 e. The van der Waals surface area contributed by atoms with Gasteiger partial charge >= 0.3 is 5.97 Å². The molecule has 0 spiro atoms. The van der Waals surface area contributed by atoms with E-state index in [0.717, 1.165) is 11.1 Å². The summed E-state index contributed by atoms with van der Waals surface area (Å²) in [5.74, 6) is -2.38. The molecule has 9 heteroatoms. The molecule has 1 aliphatic heterocycles. The number of carbonyl (C=O) groups is 2. The summed E-state index contributed by atoms with van der Waals surface area (Å²) in [6.07, 6.45) is 0.266. The van der Waals surface area contributed by atoms with Crippen LogP contribution in [0.15, 0.2) is 42.5 Å². The zero-order valence-corrected chi connectivity index (χ0v) is 17.2. The second kappa shape index (κ2) is 10.0. The van der Waals surface area contributed by atoms with Crippen LogP contribution in [0, 0.1) is 23.0 Å². The van der Waals surface area contributed by atoms with Crippen molar-refractivity contribution in [2.45, 2.75) is 13.3 Å². The molecule has 2 aromatic carbocycles. The van der Waals surface area contributed by atoms with Gasteiger partial charge in [-0.05, 0) is 25.0 Å². The molecule has 0 aliphatic carbocycles. The maximum atomic E-state index is 12.9. The molecule has 3 rings (SSSR count). The molecule has 1 aliphatic rings. The number of carboxylic acids is 1. The maximum absolute atomic E-state index is 12.9. The fourth-order valence-electron chi connectivity index (χ4n) is 3.58. The van der Waals surface area contributed by atoms with Gasteiger partial charge in [0, 0.05) is 31.8 Å². The maximum Gasteiger partial charge on any atom is 0.308 e. The minimum absolute atomic E-state index is 0.0899. The van der Waals surface area contributed by atoms with Crippen LogP contribution >= 0.6 is 0 Å². The van der Waals surface area contributed by atoms with E-state index in [1.807, 2.05) is 36.1 Å². The first-order valence-electron chi connectivity index (χ1n) is 10.0. The van der Waals surface area contributed by atoms with Crippen LogP contribution in [-0.4, -0.2) is 54.8 Å². The van der Waals surface area contributed by atoms with Crippen LogP contribution < -0.4 is 10.2 Å². The van der Waals surface area contributed by atoms with Crippen molar-refractivity contribution in [3.63, 3.8) is 0 Å². The summed E-state index contributed by atoms with van der Waals surface area (Å²) in [5.41, 5.74) is 2.41. The zero-order valence-electron chi connectivity index (χ0n) is 17.2. The van der Waals surface area contributed by atoms with Gasteiger partial charge in [0.25, 0.3) is 11.6 Å². The number of hydrogen-bond donors (Lipinski definition) is 2. The van der Waals surface area contributed by atoms with Crippen molar-refractivity contribution < 1.29 is 24.4 Å². The van der Waals surface area contributed by atoms with Crippen LogP contribution in [0.4, 0.5) is 11.4 Å². The average Bonchev–Trinajstić information content (AvgIpc) is 2.76. The lowest BCUT2D eigenvalue weighted by atomic mass is 9.98. The van der Waals surface area contributed by atoms with E-state index < -0.39 is 22.7 Å². The monoisotopic (exact) mass is 427 g/mol. The van der Waals surface area contributed by atoms with Crippen molar-refractivity contribution >= 4 is 23.3 Å². The van der Waals surface area contributed by atoms with Crippen LogP contribution in [0.5, 0.6) is 0 Å². The topological polar surface area (TPSA) is 122 Å². The van der Waals surface area contributed by atoms with Gasteiger partial charge in [-0.3, -0.25) is 19.7 Å². The lowest BCUT2D eigenvalue weighted by Gasteiger charge is -2.30. The summed E-state index contributed by atoms with van der Waals surface area (Å²) in [4.78, 5) is 37.3. The number of carbonyl (C=O) groups excluding carboxylic acids is 1. The van der Waals surface area contributed by atoms with Gasteiger partial charge in [0.2, 0.25) is 0 Å². The number of rotatable bonds is 8. The first-order valence-corrected chi connectivity index (χ1v) is 10.0. The van der Waals surface area contributed by atoms with Crippen molar-refractivity contribution in [1.29, 1.82) is 0 Å². The van der Waals surface area contributed by atoms with Crippen LogP contribution in [0.25, 0.3) is 0 Å². The summed E-state index contributed by atoms with van der Waals surface area (Å²) in [6.45, 7) is 3.95. The van der Waals surface area contributed by atoms with Crippen molar-refractivity contribution in [2.75, 3.05) is 37.7 Å². The predicted octanol–water partition coefficient (Wildman–Crippen LogP) is 2.41. The molecule has 0 bridgehead atoms. The molecule has 1 heterocycles. The van der Waals surface area contributed by atoms with Gasteiger partial charge in [0.05, 0.1) is 35.3 Å². The molecule has 1 atom stereocenters. The second-order valence-corrected chi connectivity index (χ2v) is 7.50. The fraction of sp³-hybridized carbons (Fsp3) is 0.364. The quantitative estimate of drug-likeness (QED) is 0.490. The molecule has 2 aromatic rings. The number of carboxylic acid groups (broad SMARTS) is 1. The first-order chi connectivity index (χ1) is 14.8. The Bertz CT molecular complexity index is 971. The molecular weight excluding hydrogens is 402 g/mol. The highest BCUT2D eigenvalue weighted by Crippen LogP contribution is 2.26. The van der Waals surface area contributed by atoms with Gasteiger partial charge in [-0.25, -0.2) is 0 Å². The standard InChI is InChI=1S/C22H25N3O6/c1-15-3-2-4-16(11-15)12-17(22(27)28)14-23-21(26)19-13-18(25(29)30)5-6-20(19)24-7-9-31-10-8-24/h2-6,11,13,17H,7-10,12,14H2,1H3,(H,23,26)(H,27,28)/t17-/m0/s1. The van der Waals surface area contributed by atoms with Crippen molar-refractivity contribution in [2.24, 2.45) is 5.92 Å². The minimum Gasteiger partial charge on any atom is -0.481 e. The number of non-ortho nitro benzene ring substituents is 1. The predicted molar refractivity (Wildman–Crippen MR) is 114 cm³/mol. The number of nitrogens with zero attached hydrogens (tertiary/aromatic N) is 2. The normalized spacial score (nSPS) is 14.7. The summed E-state index contributed by atoms with van der Waals surface area (Å²) in [5, 5.41) is 23.5.